The molecule has 5 rings (SSSR count). The molecule has 11 nitrogen and oxygen atoms in total. The molecule has 2 fully saturated rings. The van der Waals surface area contributed by atoms with Gasteiger partial charge in [-0.15, -0.1) is 0 Å². The number of benzene rings is 1. The molecule has 4 heterocycles. The Balaban J connectivity index is 1.56. The number of rotatable bonds is 7. The molecule has 3 amide bonds. The van der Waals surface area contributed by atoms with Gasteiger partial charge in [-0.05, 0) is 56.9 Å². The fraction of sp³-hybridized carbons (Fsp3) is 0.548. The number of hydrogen-bond donors (Lipinski definition) is 2. The number of nitrogens with zero attached hydrogens (tertiary/aromatic N) is 2. The second-order valence-corrected chi connectivity index (χ2v) is 11.2. The number of allylic oxidation sites excluding steroid dienone is 1. The number of aliphatic hydroxyl groups excluding tert-OH is 1. The Morgan fingerprint density at radius 1 is 1.07 bits per heavy atom. The molecule has 42 heavy (non-hydrogen) atoms. The number of hydrogen-bond acceptors (Lipinski definition) is 8. The Hall–Kier alpha value is -3.70. The molecule has 2 saturated heterocycles. The van der Waals surface area contributed by atoms with Crippen molar-refractivity contribution in [1.29, 1.82) is 0 Å². The van der Waals surface area contributed by atoms with Crippen molar-refractivity contribution in [2.24, 2.45) is 11.8 Å². The molecule has 11 heteroatoms. The van der Waals surface area contributed by atoms with Crippen molar-refractivity contribution in [3.63, 3.8) is 0 Å². The van der Waals surface area contributed by atoms with Crippen LogP contribution in [0.5, 0.6) is 5.75 Å². The minimum absolute atomic E-state index is 0.0422. The monoisotopic (exact) mass is 581 g/mol. The minimum Gasteiger partial charge on any atom is -0.497 e. The molecular weight excluding hydrogens is 542 g/mol. The molecular formula is C31H39N3O8. The maximum absolute atomic E-state index is 14.6. The fourth-order valence-electron chi connectivity index (χ4n) is 6.44. The van der Waals surface area contributed by atoms with Crippen LogP contribution in [0.3, 0.4) is 0 Å². The zero-order chi connectivity index (χ0) is 29.9. The van der Waals surface area contributed by atoms with E-state index in [0.29, 0.717) is 37.1 Å². The minimum atomic E-state index is -1.32. The molecule has 5 bridgehead atoms. The highest BCUT2D eigenvalue weighted by molar-refractivity contribution is 6.05. The first-order chi connectivity index (χ1) is 20.3. The van der Waals surface area contributed by atoms with E-state index in [1.165, 1.54) is 0 Å². The van der Waals surface area contributed by atoms with E-state index >= 15 is 0 Å². The SMILES string of the molecule is COc1ccc(N2C/C=C\CCC(=O)NC[C@@H](C)OC(=O)[C@@H]3[C@@H]4C=C[C@]5(O4)[C@H](C2=O)N(CCCCCO)C(=O)[C@@H]35)cc1. The van der Waals surface area contributed by atoms with Crippen molar-refractivity contribution < 1.29 is 38.5 Å². The predicted octanol–water partition coefficient (Wildman–Crippen LogP) is 1.74. The van der Waals surface area contributed by atoms with Crippen molar-refractivity contribution in [2.75, 3.05) is 38.3 Å². The summed E-state index contributed by atoms with van der Waals surface area (Å²) in [6.45, 7) is 2.36. The van der Waals surface area contributed by atoms with Gasteiger partial charge in [0, 0.05) is 31.8 Å². The topological polar surface area (TPSA) is 135 Å². The molecule has 0 saturated carbocycles. The number of carbonyl (C=O) groups is 4. The van der Waals surface area contributed by atoms with E-state index in [0.717, 1.165) is 0 Å². The van der Waals surface area contributed by atoms with Gasteiger partial charge in [0.15, 0.2) is 0 Å². The summed E-state index contributed by atoms with van der Waals surface area (Å²) in [6.07, 6.45) is 8.47. The lowest BCUT2D eigenvalue weighted by Gasteiger charge is -2.36. The number of carbonyl (C=O) groups excluding carboxylic acids is 4. The van der Waals surface area contributed by atoms with E-state index in [-0.39, 0.29) is 50.4 Å². The van der Waals surface area contributed by atoms with E-state index in [1.54, 1.807) is 60.3 Å². The average Bonchev–Trinajstić information content (AvgIpc) is 3.63. The first-order valence-electron chi connectivity index (χ1n) is 14.7. The quantitative estimate of drug-likeness (QED) is 0.283. The van der Waals surface area contributed by atoms with E-state index in [9.17, 15) is 24.3 Å². The van der Waals surface area contributed by atoms with Crippen molar-refractivity contribution in [3.05, 3.63) is 48.6 Å². The molecule has 1 spiro atoms. The van der Waals surface area contributed by atoms with Crippen LogP contribution in [0.25, 0.3) is 0 Å². The third kappa shape index (κ3) is 5.55. The number of amides is 3. The number of nitrogens with one attached hydrogen (secondary N) is 1. The number of unbranched alkanes of at least 4 members (excludes halogenated alkanes) is 2. The lowest BCUT2D eigenvalue weighted by Crippen LogP contribution is -2.56. The number of anilines is 1. The number of fused-ring (bicyclic) bond motifs is 2. The molecule has 2 N–H and O–H groups in total. The molecule has 0 aliphatic carbocycles. The predicted molar refractivity (Wildman–Crippen MR) is 152 cm³/mol. The maximum atomic E-state index is 14.6. The van der Waals surface area contributed by atoms with Crippen LogP contribution >= 0.6 is 0 Å². The lowest BCUT2D eigenvalue weighted by atomic mass is 9.74. The molecule has 4 aliphatic rings. The number of esters is 1. The van der Waals surface area contributed by atoms with E-state index in [2.05, 4.69) is 5.32 Å². The molecule has 1 aromatic rings. The summed E-state index contributed by atoms with van der Waals surface area (Å²) in [4.78, 5) is 57.8. The highest BCUT2D eigenvalue weighted by Gasteiger charge is 2.73. The van der Waals surface area contributed by atoms with Gasteiger partial charge in [-0.25, -0.2) is 0 Å². The highest BCUT2D eigenvalue weighted by Crippen LogP contribution is 2.55. The van der Waals surface area contributed by atoms with E-state index in [1.807, 2.05) is 12.2 Å². The summed E-state index contributed by atoms with van der Waals surface area (Å²) in [6, 6.07) is 6.08. The molecule has 0 radical (unpaired) electrons. The molecule has 0 aromatic heterocycles. The standard InChI is InChI=1S/C31H39N3O8/c1-20-19-32-24(36)9-5-3-6-16-33(21-10-12-22(40-2)13-11-21)29(38)27-31-15-14-23(42-31)25(30(39)41-20)26(31)28(37)34(27)17-7-4-8-18-35/h3,6,10-15,20,23,25-27,35H,4-5,7-9,16-19H2,1-2H3,(H,32,36)/b6-3-/t20-,23+,25-,26-,27+,31-/m1/s1. The summed E-state index contributed by atoms with van der Waals surface area (Å²) >= 11 is 0. The summed E-state index contributed by atoms with van der Waals surface area (Å²) in [5.41, 5.74) is -0.714. The summed E-state index contributed by atoms with van der Waals surface area (Å²) in [5.74, 6) is -2.62. The third-order valence-corrected chi connectivity index (χ3v) is 8.48. The number of methoxy groups -OCH3 is 1. The Bertz CT molecular complexity index is 1250. The van der Waals surface area contributed by atoms with E-state index < -0.39 is 41.7 Å². The van der Waals surface area contributed by atoms with Gasteiger partial charge in [-0.1, -0.05) is 24.3 Å². The van der Waals surface area contributed by atoms with E-state index in [4.69, 9.17) is 14.2 Å². The number of ether oxygens (including phenoxy) is 3. The zero-order valence-electron chi connectivity index (χ0n) is 24.1. The van der Waals surface area contributed by atoms with Crippen LogP contribution in [0, 0.1) is 11.8 Å². The van der Waals surface area contributed by atoms with Gasteiger partial charge in [-0.2, -0.15) is 0 Å². The molecule has 1 aromatic carbocycles. The summed E-state index contributed by atoms with van der Waals surface area (Å²) in [5, 5.41) is 12.1. The smallest absolute Gasteiger partial charge is 0.313 e. The number of cyclic esters (lactones) is 1. The van der Waals surface area contributed by atoms with Gasteiger partial charge in [0.1, 0.15) is 29.4 Å². The van der Waals surface area contributed by atoms with Crippen molar-refractivity contribution in [3.8, 4) is 5.75 Å². The molecule has 4 aliphatic heterocycles. The first kappa shape index (κ1) is 29.8. The normalized spacial score (nSPS) is 32.1. The Kier molecular flexibility index (Phi) is 8.98. The Morgan fingerprint density at radius 3 is 2.60 bits per heavy atom. The van der Waals surface area contributed by atoms with Gasteiger partial charge in [0.25, 0.3) is 5.91 Å². The van der Waals surface area contributed by atoms with Crippen LogP contribution in [-0.4, -0.2) is 90.9 Å². The zero-order valence-corrected chi connectivity index (χ0v) is 24.1. The fourth-order valence-corrected chi connectivity index (χ4v) is 6.44. The van der Waals surface area contributed by atoms with Crippen LogP contribution < -0.4 is 15.0 Å². The largest absolute Gasteiger partial charge is 0.497 e. The maximum Gasteiger partial charge on any atom is 0.313 e. The first-order valence-corrected chi connectivity index (χ1v) is 14.7. The summed E-state index contributed by atoms with van der Waals surface area (Å²) in [7, 11) is 1.56. The second kappa shape index (κ2) is 12.7. The number of likely N-dealkylation sites (tertiary alicyclic amines) is 1. The van der Waals surface area contributed by atoms with Crippen LogP contribution in [-0.2, 0) is 28.7 Å². The Labute approximate surface area is 245 Å². The highest BCUT2D eigenvalue weighted by atomic mass is 16.6. The molecule has 226 valence electrons. The van der Waals surface area contributed by atoms with Crippen LogP contribution in [0.15, 0.2) is 48.6 Å². The Morgan fingerprint density at radius 2 is 1.86 bits per heavy atom. The van der Waals surface area contributed by atoms with Crippen LogP contribution in [0.1, 0.15) is 39.0 Å². The molecule has 6 atom stereocenters. The van der Waals surface area contributed by atoms with Gasteiger partial charge < -0.3 is 34.4 Å². The van der Waals surface area contributed by atoms with Crippen LogP contribution in [0.4, 0.5) is 5.69 Å². The van der Waals surface area contributed by atoms with Crippen LogP contribution in [0.2, 0.25) is 0 Å². The van der Waals surface area contributed by atoms with Gasteiger partial charge in [0.2, 0.25) is 11.8 Å². The average molecular weight is 582 g/mol. The molecule has 0 unspecified atom stereocenters. The van der Waals surface area contributed by atoms with Gasteiger partial charge in [0.05, 0.1) is 25.7 Å². The second-order valence-electron chi connectivity index (χ2n) is 11.2. The van der Waals surface area contributed by atoms with Gasteiger partial charge in [-0.3, -0.25) is 19.2 Å². The van der Waals surface area contributed by atoms with Crippen molar-refractivity contribution in [2.45, 2.75) is 62.9 Å². The lowest BCUT2D eigenvalue weighted by molar-refractivity contribution is -0.158. The summed E-state index contributed by atoms with van der Waals surface area (Å²) < 4.78 is 17.4. The third-order valence-electron chi connectivity index (χ3n) is 8.48. The van der Waals surface area contributed by atoms with Gasteiger partial charge >= 0.3 is 5.97 Å². The number of aliphatic hydroxyl groups is 1. The van der Waals surface area contributed by atoms with Crippen molar-refractivity contribution >= 4 is 29.4 Å². The van der Waals surface area contributed by atoms with Crippen molar-refractivity contribution in [1.82, 2.24) is 10.2 Å².